The lowest BCUT2D eigenvalue weighted by Crippen LogP contribution is -2.15. The van der Waals surface area contributed by atoms with E-state index >= 15 is 0 Å². The topological polar surface area (TPSA) is 66.4 Å². The molecule has 4 nitrogen and oxygen atoms in total. The molecule has 0 heterocycles. The van der Waals surface area contributed by atoms with E-state index in [1.165, 1.54) is 0 Å². The Morgan fingerprint density at radius 3 is 2.57 bits per heavy atom. The summed E-state index contributed by atoms with van der Waals surface area (Å²) in [5.41, 5.74) is 1.31. The Hall–Kier alpha value is -1.60. The van der Waals surface area contributed by atoms with Crippen LogP contribution >= 0.6 is 34.2 Å². The van der Waals surface area contributed by atoms with Crippen molar-refractivity contribution in [3.05, 3.63) is 61.7 Å². The van der Waals surface area contributed by atoms with Crippen LogP contribution in [-0.4, -0.2) is 17.0 Å². The largest absolute Gasteiger partial charge is 0.478 e. The number of carbonyl (C=O) groups excluding carboxylic acids is 1. The van der Waals surface area contributed by atoms with Crippen LogP contribution < -0.4 is 5.32 Å². The minimum Gasteiger partial charge on any atom is -0.478 e. The van der Waals surface area contributed by atoms with E-state index in [0.29, 0.717) is 16.1 Å². The lowest BCUT2D eigenvalue weighted by molar-refractivity contribution is 0.0697. The number of hydrogen-bond donors (Lipinski definition) is 2. The maximum atomic E-state index is 12.2. The van der Waals surface area contributed by atoms with Gasteiger partial charge < -0.3 is 10.4 Å². The first-order chi connectivity index (χ1) is 9.90. The number of halogens is 2. The van der Waals surface area contributed by atoms with Crippen molar-refractivity contribution >= 4 is 51.8 Å². The van der Waals surface area contributed by atoms with Crippen molar-refractivity contribution < 1.29 is 14.7 Å². The predicted molar refractivity (Wildman–Crippen MR) is 90.3 cm³/mol. The van der Waals surface area contributed by atoms with Crippen LogP contribution in [0.15, 0.2) is 36.4 Å². The van der Waals surface area contributed by atoms with Gasteiger partial charge in [-0.3, -0.25) is 4.79 Å². The van der Waals surface area contributed by atoms with Crippen molar-refractivity contribution in [1.82, 2.24) is 0 Å². The summed E-state index contributed by atoms with van der Waals surface area (Å²) >= 11 is 8.05. The molecule has 2 N–H and O–H groups in total. The molecule has 0 saturated carbocycles. The Bertz CT molecular complexity index is 731. The van der Waals surface area contributed by atoms with E-state index in [9.17, 15) is 14.7 Å². The maximum Gasteiger partial charge on any atom is 0.338 e. The van der Waals surface area contributed by atoms with Gasteiger partial charge >= 0.3 is 5.97 Å². The molecule has 0 saturated heterocycles. The molecule has 0 aliphatic carbocycles. The Kier molecular flexibility index (Phi) is 4.84. The third-order valence-corrected chi connectivity index (χ3v) is 4.49. The Morgan fingerprint density at radius 2 is 1.95 bits per heavy atom. The second kappa shape index (κ2) is 6.44. The minimum absolute atomic E-state index is 0.0856. The van der Waals surface area contributed by atoms with Crippen LogP contribution in [0, 0.1) is 10.5 Å². The molecule has 2 aromatic carbocycles. The van der Waals surface area contributed by atoms with E-state index in [-0.39, 0.29) is 11.3 Å². The highest BCUT2D eigenvalue weighted by atomic mass is 127. The van der Waals surface area contributed by atoms with Gasteiger partial charge in [0.25, 0.3) is 5.91 Å². The number of amides is 1. The molecule has 2 rings (SSSR count). The van der Waals surface area contributed by atoms with E-state index in [0.717, 1.165) is 3.57 Å². The summed E-state index contributed by atoms with van der Waals surface area (Å²) < 4.78 is 0.840. The van der Waals surface area contributed by atoms with Crippen LogP contribution in [0.25, 0.3) is 0 Å². The molecule has 21 heavy (non-hydrogen) atoms. The molecule has 0 radical (unpaired) electrons. The second-order valence-electron chi connectivity index (χ2n) is 4.39. The van der Waals surface area contributed by atoms with Crippen molar-refractivity contribution in [1.29, 1.82) is 0 Å². The third kappa shape index (κ3) is 3.54. The van der Waals surface area contributed by atoms with Crippen molar-refractivity contribution in [3.8, 4) is 0 Å². The highest BCUT2D eigenvalue weighted by Gasteiger charge is 2.16. The molecule has 0 aromatic heterocycles. The van der Waals surface area contributed by atoms with Gasteiger partial charge in [0.15, 0.2) is 0 Å². The van der Waals surface area contributed by atoms with Crippen LogP contribution in [-0.2, 0) is 0 Å². The number of aromatic carboxylic acids is 1. The lowest BCUT2D eigenvalue weighted by atomic mass is 10.1. The second-order valence-corrected chi connectivity index (χ2v) is 5.96. The van der Waals surface area contributed by atoms with Crippen molar-refractivity contribution in [2.45, 2.75) is 6.92 Å². The fourth-order valence-corrected chi connectivity index (χ4v) is 2.40. The smallest absolute Gasteiger partial charge is 0.338 e. The van der Waals surface area contributed by atoms with Crippen molar-refractivity contribution in [3.63, 3.8) is 0 Å². The molecule has 0 bridgehead atoms. The van der Waals surface area contributed by atoms with Crippen LogP contribution in [0.2, 0.25) is 5.02 Å². The number of carboxylic acid groups (broad SMARTS) is 1. The molecule has 1 amide bonds. The zero-order valence-electron chi connectivity index (χ0n) is 11.0. The van der Waals surface area contributed by atoms with Crippen LogP contribution in [0.3, 0.4) is 0 Å². The number of benzene rings is 2. The Balaban J connectivity index is 2.34. The van der Waals surface area contributed by atoms with Gasteiger partial charge in [-0.25, -0.2) is 4.79 Å². The van der Waals surface area contributed by atoms with Crippen molar-refractivity contribution in [2.24, 2.45) is 0 Å². The van der Waals surface area contributed by atoms with E-state index in [1.54, 1.807) is 43.3 Å². The molecule has 0 aliphatic heterocycles. The van der Waals surface area contributed by atoms with Crippen LogP contribution in [0.5, 0.6) is 0 Å². The van der Waals surface area contributed by atoms with Gasteiger partial charge in [0.2, 0.25) is 0 Å². The average molecular weight is 416 g/mol. The van der Waals surface area contributed by atoms with E-state index in [4.69, 9.17) is 11.6 Å². The average Bonchev–Trinajstić information content (AvgIpc) is 2.41. The monoisotopic (exact) mass is 415 g/mol. The highest BCUT2D eigenvalue weighted by Crippen LogP contribution is 2.23. The van der Waals surface area contributed by atoms with Gasteiger partial charge in [-0.05, 0) is 59.3 Å². The lowest BCUT2D eigenvalue weighted by Gasteiger charge is -2.11. The number of carbonyl (C=O) groups is 2. The summed E-state index contributed by atoms with van der Waals surface area (Å²) in [4.78, 5) is 23.5. The summed E-state index contributed by atoms with van der Waals surface area (Å²) in [6.45, 7) is 1.68. The third-order valence-electron chi connectivity index (χ3n) is 2.92. The fourth-order valence-electron chi connectivity index (χ4n) is 1.89. The van der Waals surface area contributed by atoms with E-state index in [1.807, 2.05) is 0 Å². The molecule has 2 aromatic rings. The molecule has 0 atom stereocenters. The summed E-state index contributed by atoms with van der Waals surface area (Å²) in [5, 5.41) is 12.3. The molecule has 0 fully saturated rings. The molecule has 6 heteroatoms. The summed E-state index contributed by atoms with van der Waals surface area (Å²) in [6.07, 6.45) is 0. The molecule has 0 aliphatic rings. The molecule has 108 valence electrons. The standard InChI is InChI=1S/C15H11ClINO3/c1-8-3-2-4-12(13(8)15(20)21)18-14(19)9-5-6-11(17)10(16)7-9/h2-7H,1H3,(H,18,19)(H,20,21). The first-order valence-electron chi connectivity index (χ1n) is 5.99. The number of rotatable bonds is 3. The fraction of sp³-hybridized carbons (Fsp3) is 0.0667. The summed E-state index contributed by atoms with van der Waals surface area (Å²) in [6, 6.07) is 9.85. The summed E-state index contributed by atoms with van der Waals surface area (Å²) in [7, 11) is 0. The van der Waals surface area contributed by atoms with Crippen LogP contribution in [0.1, 0.15) is 26.3 Å². The van der Waals surface area contributed by atoms with Crippen LogP contribution in [0.4, 0.5) is 5.69 Å². The van der Waals surface area contributed by atoms with E-state index < -0.39 is 11.9 Å². The Labute approximate surface area is 140 Å². The number of anilines is 1. The Morgan fingerprint density at radius 1 is 1.24 bits per heavy atom. The number of aryl methyl sites for hydroxylation is 1. The SMILES string of the molecule is Cc1cccc(NC(=O)c2ccc(I)c(Cl)c2)c1C(=O)O. The first kappa shape index (κ1) is 15.8. The number of hydrogen-bond acceptors (Lipinski definition) is 2. The molecule has 0 unspecified atom stereocenters. The minimum atomic E-state index is -1.08. The van der Waals surface area contributed by atoms with Gasteiger partial charge in [0.1, 0.15) is 0 Å². The summed E-state index contributed by atoms with van der Waals surface area (Å²) in [5.74, 6) is -1.48. The number of nitrogens with one attached hydrogen (secondary N) is 1. The van der Waals surface area contributed by atoms with Gasteiger partial charge in [-0.1, -0.05) is 23.7 Å². The van der Waals surface area contributed by atoms with Gasteiger partial charge in [0, 0.05) is 9.13 Å². The van der Waals surface area contributed by atoms with Crippen molar-refractivity contribution in [2.75, 3.05) is 5.32 Å². The highest BCUT2D eigenvalue weighted by molar-refractivity contribution is 14.1. The van der Waals surface area contributed by atoms with Gasteiger partial charge in [0.05, 0.1) is 16.3 Å². The van der Waals surface area contributed by atoms with Gasteiger partial charge in [-0.15, -0.1) is 0 Å². The number of carboxylic acids is 1. The zero-order valence-corrected chi connectivity index (χ0v) is 13.9. The predicted octanol–water partition coefficient (Wildman–Crippen LogP) is 4.20. The molecular weight excluding hydrogens is 405 g/mol. The first-order valence-corrected chi connectivity index (χ1v) is 7.45. The van der Waals surface area contributed by atoms with Gasteiger partial charge in [-0.2, -0.15) is 0 Å². The molecule has 0 spiro atoms. The zero-order chi connectivity index (χ0) is 15.6. The normalized spacial score (nSPS) is 10.2. The quantitative estimate of drug-likeness (QED) is 0.738. The van der Waals surface area contributed by atoms with E-state index in [2.05, 4.69) is 27.9 Å². The molecular formula is C15H11ClINO3. The maximum absolute atomic E-state index is 12.2.